The number of aryl methyl sites for hydroxylation is 2. The van der Waals surface area contributed by atoms with E-state index in [1.54, 1.807) is 0 Å². The zero-order valence-electron chi connectivity index (χ0n) is 18.2. The van der Waals surface area contributed by atoms with Crippen molar-refractivity contribution in [2.45, 2.75) is 58.8 Å². The number of hydrogen-bond acceptors (Lipinski definition) is 4. The highest BCUT2D eigenvalue weighted by Crippen LogP contribution is 2.21. The van der Waals surface area contributed by atoms with Gasteiger partial charge in [-0.3, -0.25) is 9.10 Å². The first-order valence-corrected chi connectivity index (χ1v) is 12.7. The van der Waals surface area contributed by atoms with Crippen LogP contribution in [-0.2, 0) is 14.8 Å². The van der Waals surface area contributed by atoms with Crippen molar-refractivity contribution in [3.05, 3.63) is 29.3 Å². The second-order valence-electron chi connectivity index (χ2n) is 8.24. The molecule has 29 heavy (non-hydrogen) atoms. The first kappa shape index (κ1) is 23.7. The number of likely N-dealkylation sites (tertiary alicyclic amines) is 1. The Bertz CT molecular complexity index is 736. The van der Waals surface area contributed by atoms with Crippen molar-refractivity contribution in [1.82, 2.24) is 10.2 Å². The Kier molecular flexibility index (Phi) is 9.43. The second-order valence-corrected chi connectivity index (χ2v) is 10.2. The molecule has 7 heteroatoms. The minimum absolute atomic E-state index is 0.00487. The first-order valence-electron chi connectivity index (χ1n) is 10.8. The third kappa shape index (κ3) is 8.74. The van der Waals surface area contributed by atoms with Gasteiger partial charge in [-0.1, -0.05) is 18.9 Å². The number of sulfonamides is 1. The van der Waals surface area contributed by atoms with Crippen molar-refractivity contribution < 1.29 is 13.2 Å². The minimum atomic E-state index is -3.39. The van der Waals surface area contributed by atoms with Gasteiger partial charge in [-0.25, -0.2) is 8.42 Å². The van der Waals surface area contributed by atoms with E-state index in [1.807, 2.05) is 32.0 Å². The summed E-state index contributed by atoms with van der Waals surface area (Å²) in [5.74, 6) is -0.00487. The average molecular weight is 424 g/mol. The van der Waals surface area contributed by atoms with Gasteiger partial charge in [-0.15, -0.1) is 0 Å². The summed E-state index contributed by atoms with van der Waals surface area (Å²) in [6, 6.07) is 5.76. The van der Waals surface area contributed by atoms with Crippen LogP contribution < -0.4 is 9.62 Å². The van der Waals surface area contributed by atoms with Crippen molar-refractivity contribution in [1.29, 1.82) is 0 Å². The predicted molar refractivity (Wildman–Crippen MR) is 120 cm³/mol. The molecule has 1 aliphatic rings. The lowest BCUT2D eigenvalue weighted by Gasteiger charge is -2.23. The molecular weight excluding hydrogens is 386 g/mol. The normalized spacial score (nSPS) is 15.7. The molecule has 0 bridgehead atoms. The predicted octanol–water partition coefficient (Wildman–Crippen LogP) is 3.23. The summed E-state index contributed by atoms with van der Waals surface area (Å²) in [6.45, 7) is 8.29. The molecule has 0 aliphatic carbocycles. The van der Waals surface area contributed by atoms with Gasteiger partial charge in [0.1, 0.15) is 0 Å². The Morgan fingerprint density at radius 1 is 1.03 bits per heavy atom. The molecule has 1 amide bonds. The summed E-state index contributed by atoms with van der Waals surface area (Å²) < 4.78 is 25.9. The maximum Gasteiger partial charge on any atom is 0.232 e. The molecule has 0 atom stereocenters. The molecule has 1 heterocycles. The number of carbonyl (C=O) groups excluding carboxylic acids is 1. The van der Waals surface area contributed by atoms with Crippen LogP contribution in [0, 0.1) is 13.8 Å². The number of nitrogens with one attached hydrogen (secondary N) is 1. The number of hydrogen-bond donors (Lipinski definition) is 1. The number of carbonyl (C=O) groups is 1. The Hall–Kier alpha value is -1.60. The molecule has 1 fully saturated rings. The van der Waals surface area contributed by atoms with Crippen molar-refractivity contribution >= 4 is 21.6 Å². The van der Waals surface area contributed by atoms with Crippen LogP contribution in [0.1, 0.15) is 56.1 Å². The van der Waals surface area contributed by atoms with E-state index in [4.69, 9.17) is 0 Å². The Balaban J connectivity index is 1.73. The fourth-order valence-corrected chi connectivity index (χ4v) is 4.89. The number of anilines is 1. The molecule has 6 nitrogen and oxygen atoms in total. The van der Waals surface area contributed by atoms with Crippen LogP contribution in [0.3, 0.4) is 0 Å². The van der Waals surface area contributed by atoms with Crippen LogP contribution in [0.4, 0.5) is 5.69 Å². The number of amides is 1. The second kappa shape index (κ2) is 11.6. The molecule has 2 rings (SSSR count). The zero-order chi connectivity index (χ0) is 21.3. The first-order chi connectivity index (χ1) is 13.8. The fraction of sp³-hybridized carbons (Fsp3) is 0.682. The number of rotatable bonds is 10. The molecule has 1 N–H and O–H groups in total. The van der Waals surface area contributed by atoms with Crippen molar-refractivity contribution in [2.24, 2.45) is 0 Å². The van der Waals surface area contributed by atoms with Gasteiger partial charge in [0, 0.05) is 19.5 Å². The van der Waals surface area contributed by atoms with Gasteiger partial charge in [-0.05, 0) is 82.4 Å². The van der Waals surface area contributed by atoms with Gasteiger partial charge in [-0.2, -0.15) is 0 Å². The highest BCUT2D eigenvalue weighted by Gasteiger charge is 2.18. The van der Waals surface area contributed by atoms with E-state index in [9.17, 15) is 13.2 Å². The van der Waals surface area contributed by atoms with Gasteiger partial charge in [0.05, 0.1) is 11.9 Å². The summed E-state index contributed by atoms with van der Waals surface area (Å²) in [7, 11) is -3.39. The third-order valence-corrected chi connectivity index (χ3v) is 6.53. The Morgan fingerprint density at radius 3 is 2.24 bits per heavy atom. The molecule has 0 saturated carbocycles. The third-order valence-electron chi connectivity index (χ3n) is 5.33. The molecule has 0 radical (unpaired) electrons. The highest BCUT2D eigenvalue weighted by atomic mass is 32.2. The van der Waals surface area contributed by atoms with E-state index in [0.29, 0.717) is 31.6 Å². The van der Waals surface area contributed by atoms with Crippen molar-refractivity contribution in [2.75, 3.05) is 43.3 Å². The smallest absolute Gasteiger partial charge is 0.232 e. The highest BCUT2D eigenvalue weighted by molar-refractivity contribution is 7.92. The summed E-state index contributed by atoms with van der Waals surface area (Å²) in [4.78, 5) is 14.6. The Labute approximate surface area is 176 Å². The van der Waals surface area contributed by atoms with Crippen LogP contribution in [0.2, 0.25) is 0 Å². The van der Waals surface area contributed by atoms with E-state index in [-0.39, 0.29) is 5.91 Å². The van der Waals surface area contributed by atoms with Crippen molar-refractivity contribution in [3.63, 3.8) is 0 Å². The molecule has 164 valence electrons. The van der Waals surface area contributed by atoms with Gasteiger partial charge in [0.15, 0.2) is 0 Å². The van der Waals surface area contributed by atoms with Crippen LogP contribution in [0.25, 0.3) is 0 Å². The summed E-state index contributed by atoms with van der Waals surface area (Å²) in [5.41, 5.74) is 2.72. The SMILES string of the molecule is Cc1cc(C)cc(N(CCCC(=O)NCCCN2CCCCCC2)S(C)(=O)=O)c1. The van der Waals surface area contributed by atoms with Crippen molar-refractivity contribution in [3.8, 4) is 0 Å². The Morgan fingerprint density at radius 2 is 1.66 bits per heavy atom. The van der Waals surface area contributed by atoms with E-state index < -0.39 is 10.0 Å². The molecule has 0 spiro atoms. The molecule has 1 aromatic carbocycles. The maximum atomic E-state index is 12.2. The van der Waals surface area contributed by atoms with Gasteiger partial charge >= 0.3 is 0 Å². The van der Waals surface area contributed by atoms with Crippen LogP contribution >= 0.6 is 0 Å². The number of nitrogens with zero attached hydrogens (tertiary/aromatic N) is 2. The molecule has 1 aromatic rings. The van der Waals surface area contributed by atoms with Crippen LogP contribution in [-0.4, -0.2) is 58.2 Å². The summed E-state index contributed by atoms with van der Waals surface area (Å²) in [6.07, 6.45) is 8.24. The lowest BCUT2D eigenvalue weighted by molar-refractivity contribution is -0.121. The maximum absolute atomic E-state index is 12.2. The molecule has 0 aromatic heterocycles. The zero-order valence-corrected chi connectivity index (χ0v) is 19.1. The minimum Gasteiger partial charge on any atom is -0.356 e. The molecular formula is C22H37N3O3S. The van der Waals surface area contributed by atoms with E-state index in [0.717, 1.165) is 24.1 Å². The topological polar surface area (TPSA) is 69.7 Å². The van der Waals surface area contributed by atoms with E-state index in [1.165, 1.54) is 49.3 Å². The largest absolute Gasteiger partial charge is 0.356 e. The van der Waals surface area contributed by atoms with Gasteiger partial charge in [0.25, 0.3) is 0 Å². The van der Waals surface area contributed by atoms with Gasteiger partial charge < -0.3 is 10.2 Å². The molecule has 0 unspecified atom stereocenters. The monoisotopic (exact) mass is 423 g/mol. The van der Waals surface area contributed by atoms with Gasteiger partial charge in [0.2, 0.25) is 15.9 Å². The summed E-state index contributed by atoms with van der Waals surface area (Å²) >= 11 is 0. The lowest BCUT2D eigenvalue weighted by Crippen LogP contribution is -2.33. The van der Waals surface area contributed by atoms with Crippen LogP contribution in [0.5, 0.6) is 0 Å². The number of benzene rings is 1. The van der Waals surface area contributed by atoms with E-state index in [2.05, 4.69) is 10.2 Å². The lowest BCUT2D eigenvalue weighted by atomic mass is 10.1. The average Bonchev–Trinajstić information content (AvgIpc) is 2.89. The summed E-state index contributed by atoms with van der Waals surface area (Å²) in [5, 5.41) is 2.97. The standard InChI is InChI=1S/C22H37N3O3S/c1-19-16-20(2)18-21(17-19)25(29(3,27)28)15-8-10-22(26)23-11-9-14-24-12-6-4-5-7-13-24/h16-18H,4-15H2,1-3H3,(H,23,26). The quantitative estimate of drug-likeness (QED) is 0.587. The molecule has 1 aliphatic heterocycles. The van der Waals surface area contributed by atoms with Crippen LogP contribution in [0.15, 0.2) is 18.2 Å². The van der Waals surface area contributed by atoms with E-state index >= 15 is 0 Å². The fourth-order valence-electron chi connectivity index (χ4n) is 3.94. The molecule has 1 saturated heterocycles.